The molecule has 0 saturated heterocycles. The van der Waals surface area contributed by atoms with E-state index < -0.39 is 5.97 Å². The monoisotopic (exact) mass is 287 g/mol. The molecule has 0 amide bonds. The van der Waals surface area contributed by atoms with E-state index in [1.807, 2.05) is 13.8 Å². The van der Waals surface area contributed by atoms with Gasteiger partial charge in [-0.25, -0.2) is 4.79 Å². The third-order valence-corrected chi connectivity index (χ3v) is 2.93. The number of aromatic carboxylic acids is 1. The fraction of sp³-hybridized carbons (Fsp3) is 0.214. The lowest BCUT2D eigenvalue weighted by atomic mass is 10.2. The number of ether oxygens (including phenoxy) is 1. The second-order valence-electron chi connectivity index (χ2n) is 4.82. The number of carboxylic acid groups (broad SMARTS) is 1. The van der Waals surface area contributed by atoms with Gasteiger partial charge in [-0.05, 0) is 32.0 Å². The lowest BCUT2D eigenvalue weighted by molar-refractivity contribution is 0.0697. The van der Waals surface area contributed by atoms with E-state index in [9.17, 15) is 4.79 Å². The van der Waals surface area contributed by atoms with Crippen molar-refractivity contribution < 1.29 is 19.1 Å². The fourth-order valence-electron chi connectivity index (χ4n) is 1.84. The molecular weight excluding hydrogens is 274 g/mol. The minimum absolute atomic E-state index is 0.0517. The summed E-state index contributed by atoms with van der Waals surface area (Å²) in [5.74, 6) is -0.511. The van der Waals surface area contributed by atoms with Crippen molar-refractivity contribution in [3.05, 3.63) is 36.2 Å². The van der Waals surface area contributed by atoms with Crippen LogP contribution < -0.4 is 4.74 Å². The van der Waals surface area contributed by atoms with Crippen LogP contribution in [0.4, 0.5) is 0 Å². The molecule has 2 heterocycles. The van der Waals surface area contributed by atoms with E-state index in [-0.39, 0.29) is 17.7 Å². The van der Waals surface area contributed by atoms with Crippen molar-refractivity contribution in [3.8, 4) is 11.8 Å². The van der Waals surface area contributed by atoms with Crippen LogP contribution in [0.2, 0.25) is 0 Å². The van der Waals surface area contributed by atoms with Gasteiger partial charge in [0, 0.05) is 6.04 Å². The second-order valence-corrected chi connectivity index (χ2v) is 4.82. The van der Waals surface area contributed by atoms with E-state index in [0.717, 1.165) is 0 Å². The maximum absolute atomic E-state index is 10.9. The van der Waals surface area contributed by atoms with E-state index in [1.54, 1.807) is 23.1 Å². The van der Waals surface area contributed by atoms with Gasteiger partial charge in [0.25, 0.3) is 0 Å². The highest BCUT2D eigenvalue weighted by Gasteiger charge is 2.12. The molecule has 0 radical (unpaired) electrons. The van der Waals surface area contributed by atoms with Crippen LogP contribution in [0.15, 0.2) is 35.0 Å². The predicted octanol–water partition coefficient (Wildman–Crippen LogP) is 3.10. The number of carboxylic acids is 1. The standard InChI is InChI=1S/C14H13N3O4/c1-8(2)17-7-10(6-15-17)20-14-16-11-4-3-9(13(18)19)5-12(11)21-14/h3-8H,1-2H3,(H,18,19). The molecule has 7 nitrogen and oxygen atoms in total. The van der Waals surface area contributed by atoms with E-state index >= 15 is 0 Å². The highest BCUT2D eigenvalue weighted by molar-refractivity contribution is 5.91. The Bertz CT molecular complexity index is 804. The Morgan fingerprint density at radius 3 is 2.90 bits per heavy atom. The highest BCUT2D eigenvalue weighted by Crippen LogP contribution is 2.26. The van der Waals surface area contributed by atoms with Crippen molar-refractivity contribution >= 4 is 17.1 Å². The van der Waals surface area contributed by atoms with Gasteiger partial charge in [-0.15, -0.1) is 0 Å². The van der Waals surface area contributed by atoms with Crippen LogP contribution in [0.1, 0.15) is 30.2 Å². The minimum Gasteiger partial charge on any atom is -0.478 e. The van der Waals surface area contributed by atoms with Gasteiger partial charge in [0.05, 0.1) is 18.0 Å². The van der Waals surface area contributed by atoms with Crippen molar-refractivity contribution in [1.29, 1.82) is 0 Å². The van der Waals surface area contributed by atoms with Crippen LogP contribution >= 0.6 is 0 Å². The Labute approximate surface area is 119 Å². The van der Waals surface area contributed by atoms with Crippen molar-refractivity contribution in [2.24, 2.45) is 0 Å². The minimum atomic E-state index is -1.02. The smallest absolute Gasteiger partial charge is 0.400 e. The maximum Gasteiger partial charge on any atom is 0.400 e. The molecule has 21 heavy (non-hydrogen) atoms. The number of carbonyl (C=O) groups is 1. The third-order valence-electron chi connectivity index (χ3n) is 2.93. The van der Waals surface area contributed by atoms with Gasteiger partial charge in [-0.1, -0.05) is 0 Å². The lowest BCUT2D eigenvalue weighted by Crippen LogP contribution is -1.99. The number of hydrogen-bond acceptors (Lipinski definition) is 5. The molecule has 0 bridgehead atoms. The van der Waals surface area contributed by atoms with Crippen molar-refractivity contribution in [2.45, 2.75) is 19.9 Å². The van der Waals surface area contributed by atoms with E-state index in [1.165, 1.54) is 12.1 Å². The van der Waals surface area contributed by atoms with Crippen LogP contribution in [0.5, 0.6) is 11.8 Å². The molecule has 1 aromatic carbocycles. The molecule has 7 heteroatoms. The van der Waals surface area contributed by atoms with E-state index in [2.05, 4.69) is 10.1 Å². The number of hydrogen-bond donors (Lipinski definition) is 1. The van der Waals surface area contributed by atoms with Crippen molar-refractivity contribution in [3.63, 3.8) is 0 Å². The van der Waals surface area contributed by atoms with Gasteiger partial charge in [-0.3, -0.25) is 4.68 Å². The topological polar surface area (TPSA) is 90.4 Å². The molecule has 3 rings (SSSR count). The maximum atomic E-state index is 10.9. The Kier molecular flexibility index (Phi) is 3.09. The average molecular weight is 287 g/mol. The summed E-state index contributed by atoms with van der Waals surface area (Å²) in [4.78, 5) is 15.0. The molecule has 0 unspecified atom stereocenters. The van der Waals surface area contributed by atoms with Crippen molar-refractivity contribution in [2.75, 3.05) is 0 Å². The van der Waals surface area contributed by atoms with Crippen LogP contribution in [0.3, 0.4) is 0 Å². The molecule has 0 atom stereocenters. The molecule has 1 N–H and O–H groups in total. The van der Waals surface area contributed by atoms with Crippen LogP contribution in [0, 0.1) is 0 Å². The molecule has 0 aliphatic heterocycles. The summed E-state index contributed by atoms with van der Waals surface area (Å²) < 4.78 is 12.6. The number of aromatic nitrogens is 3. The molecule has 0 aliphatic carbocycles. The van der Waals surface area contributed by atoms with E-state index in [4.69, 9.17) is 14.3 Å². The normalized spacial score (nSPS) is 11.2. The average Bonchev–Trinajstić information content (AvgIpc) is 3.03. The van der Waals surface area contributed by atoms with Gasteiger partial charge in [0.2, 0.25) is 0 Å². The van der Waals surface area contributed by atoms with Gasteiger partial charge < -0.3 is 14.3 Å². The first kappa shape index (κ1) is 13.2. The number of benzene rings is 1. The fourth-order valence-corrected chi connectivity index (χ4v) is 1.84. The molecule has 0 fully saturated rings. The number of fused-ring (bicyclic) bond motifs is 1. The van der Waals surface area contributed by atoms with Crippen LogP contribution in [0.25, 0.3) is 11.1 Å². The van der Waals surface area contributed by atoms with E-state index in [0.29, 0.717) is 16.8 Å². The SMILES string of the molecule is CC(C)n1cc(Oc2nc3ccc(C(=O)O)cc3o2)cn1. The van der Waals surface area contributed by atoms with Crippen LogP contribution in [-0.2, 0) is 0 Å². The quantitative estimate of drug-likeness (QED) is 0.793. The molecule has 0 aliphatic rings. The zero-order chi connectivity index (χ0) is 15.0. The molecular formula is C14H13N3O4. The Balaban J connectivity index is 1.88. The summed E-state index contributed by atoms with van der Waals surface area (Å²) >= 11 is 0. The summed E-state index contributed by atoms with van der Waals surface area (Å²) in [6.07, 6.45) is 3.36. The number of nitrogens with zero attached hydrogens (tertiary/aromatic N) is 3. The van der Waals surface area contributed by atoms with Crippen molar-refractivity contribution in [1.82, 2.24) is 14.8 Å². The Morgan fingerprint density at radius 2 is 2.24 bits per heavy atom. The van der Waals surface area contributed by atoms with Gasteiger partial charge in [0.15, 0.2) is 11.3 Å². The number of oxazole rings is 1. The molecule has 2 aromatic heterocycles. The lowest BCUT2D eigenvalue weighted by Gasteiger charge is -2.02. The van der Waals surface area contributed by atoms with Gasteiger partial charge in [0.1, 0.15) is 5.52 Å². The highest BCUT2D eigenvalue weighted by atomic mass is 16.6. The third kappa shape index (κ3) is 2.58. The first-order valence-electron chi connectivity index (χ1n) is 6.39. The molecule has 0 saturated carbocycles. The zero-order valence-electron chi connectivity index (χ0n) is 11.5. The summed E-state index contributed by atoms with van der Waals surface area (Å²) in [6, 6.07) is 4.68. The number of rotatable bonds is 4. The molecule has 3 aromatic rings. The molecule has 0 spiro atoms. The summed E-state index contributed by atoms with van der Waals surface area (Å²) in [6.45, 7) is 4.01. The summed E-state index contributed by atoms with van der Waals surface area (Å²) in [5.41, 5.74) is 1.03. The van der Waals surface area contributed by atoms with Gasteiger partial charge in [-0.2, -0.15) is 10.1 Å². The largest absolute Gasteiger partial charge is 0.478 e. The zero-order valence-corrected chi connectivity index (χ0v) is 11.5. The summed E-state index contributed by atoms with van der Waals surface area (Å²) in [5, 5.41) is 13.1. The predicted molar refractivity (Wildman–Crippen MR) is 73.7 cm³/mol. The molecule has 108 valence electrons. The summed E-state index contributed by atoms with van der Waals surface area (Å²) in [7, 11) is 0. The first-order valence-corrected chi connectivity index (χ1v) is 6.39. The Morgan fingerprint density at radius 1 is 1.43 bits per heavy atom. The second kappa shape index (κ2) is 4.93. The van der Waals surface area contributed by atoms with Crippen LogP contribution in [-0.4, -0.2) is 25.8 Å². The first-order chi connectivity index (χ1) is 10.0. The van der Waals surface area contributed by atoms with Gasteiger partial charge >= 0.3 is 12.0 Å². The Hall–Kier alpha value is -2.83.